The van der Waals surface area contributed by atoms with Crippen molar-refractivity contribution in [2.45, 2.75) is 77.7 Å². The zero-order valence-electron chi connectivity index (χ0n) is 14.2. The summed E-state index contributed by atoms with van der Waals surface area (Å²) in [6.45, 7) is 7.95. The van der Waals surface area contributed by atoms with E-state index in [1.54, 1.807) is 11.1 Å². The van der Waals surface area contributed by atoms with Crippen molar-refractivity contribution in [1.29, 1.82) is 0 Å². The molecule has 0 amide bonds. The average molecular weight is 287 g/mol. The van der Waals surface area contributed by atoms with E-state index in [1.807, 2.05) is 0 Å². The molecule has 0 aliphatic heterocycles. The van der Waals surface area contributed by atoms with E-state index in [9.17, 15) is 0 Å². The molecule has 1 aliphatic carbocycles. The zero-order valence-corrected chi connectivity index (χ0v) is 14.2. The van der Waals surface area contributed by atoms with E-state index in [-0.39, 0.29) is 0 Å². The highest BCUT2D eigenvalue weighted by molar-refractivity contribution is 5.34. The Morgan fingerprint density at radius 2 is 1.71 bits per heavy atom. The molecule has 0 saturated heterocycles. The van der Waals surface area contributed by atoms with Crippen LogP contribution in [0.15, 0.2) is 24.3 Å². The van der Waals surface area contributed by atoms with Crippen LogP contribution >= 0.6 is 0 Å². The van der Waals surface area contributed by atoms with Crippen LogP contribution in [0, 0.1) is 5.92 Å². The van der Waals surface area contributed by atoms with Gasteiger partial charge in [0.2, 0.25) is 0 Å². The third-order valence-electron chi connectivity index (χ3n) is 5.09. The van der Waals surface area contributed by atoms with E-state index in [0.717, 1.165) is 18.4 Å². The number of benzene rings is 1. The minimum atomic E-state index is 0.548. The van der Waals surface area contributed by atoms with Gasteiger partial charge in [-0.3, -0.25) is 0 Å². The Balaban J connectivity index is 2.27. The molecule has 118 valence electrons. The van der Waals surface area contributed by atoms with Crippen molar-refractivity contribution >= 4 is 0 Å². The molecule has 0 aromatic heterocycles. The third kappa shape index (κ3) is 4.10. The van der Waals surface area contributed by atoms with E-state index in [0.29, 0.717) is 6.04 Å². The van der Waals surface area contributed by atoms with Gasteiger partial charge in [0, 0.05) is 6.04 Å². The Kier molecular flexibility index (Phi) is 6.76. The Morgan fingerprint density at radius 3 is 2.24 bits per heavy atom. The van der Waals surface area contributed by atoms with Crippen LogP contribution in [-0.4, -0.2) is 6.54 Å². The van der Waals surface area contributed by atoms with Crippen LogP contribution in [0.25, 0.3) is 0 Å². The van der Waals surface area contributed by atoms with E-state index in [4.69, 9.17) is 0 Å². The number of rotatable bonds is 9. The second-order valence-electron chi connectivity index (χ2n) is 6.63. The van der Waals surface area contributed by atoms with Gasteiger partial charge in [0.25, 0.3) is 0 Å². The lowest BCUT2D eigenvalue weighted by Crippen LogP contribution is -2.30. The summed E-state index contributed by atoms with van der Waals surface area (Å²) in [7, 11) is 0. The molecule has 0 spiro atoms. The molecule has 1 aromatic carbocycles. The molecular formula is C20H33N. The van der Waals surface area contributed by atoms with Gasteiger partial charge in [-0.1, -0.05) is 64.3 Å². The first-order valence-corrected chi connectivity index (χ1v) is 9.13. The predicted molar refractivity (Wildman–Crippen MR) is 92.8 cm³/mol. The van der Waals surface area contributed by atoms with Crippen molar-refractivity contribution < 1.29 is 0 Å². The van der Waals surface area contributed by atoms with Gasteiger partial charge in [0.15, 0.2) is 0 Å². The maximum absolute atomic E-state index is 3.81. The molecule has 1 fully saturated rings. The molecule has 0 bridgehead atoms. The first-order chi connectivity index (χ1) is 10.3. The summed E-state index contributed by atoms with van der Waals surface area (Å²) in [6, 6.07) is 9.79. The maximum Gasteiger partial charge on any atom is 0.0351 e. The molecule has 1 saturated carbocycles. The van der Waals surface area contributed by atoms with Crippen LogP contribution in [0.2, 0.25) is 0 Å². The molecule has 0 radical (unpaired) electrons. The van der Waals surface area contributed by atoms with Crippen LogP contribution in [-0.2, 0) is 0 Å². The zero-order chi connectivity index (χ0) is 15.1. The standard InChI is InChI=1S/C20H33N/c1-4-10-17(11-5-2)20(21-6-3)19-15-8-7-14-18(19)16-12-9-13-16/h7-8,14-17,20-21H,4-6,9-13H2,1-3H3. The van der Waals surface area contributed by atoms with Gasteiger partial charge in [-0.2, -0.15) is 0 Å². The van der Waals surface area contributed by atoms with Crippen molar-refractivity contribution in [3.8, 4) is 0 Å². The van der Waals surface area contributed by atoms with Crippen molar-refractivity contribution in [2.24, 2.45) is 5.92 Å². The first-order valence-electron chi connectivity index (χ1n) is 9.13. The minimum absolute atomic E-state index is 0.548. The molecule has 1 nitrogen and oxygen atoms in total. The molecule has 0 heterocycles. The summed E-state index contributed by atoms with van der Waals surface area (Å²) in [4.78, 5) is 0. The van der Waals surface area contributed by atoms with Gasteiger partial charge in [0.05, 0.1) is 0 Å². The molecule has 1 aliphatic rings. The second kappa shape index (κ2) is 8.58. The summed E-state index contributed by atoms with van der Waals surface area (Å²) >= 11 is 0. The largest absolute Gasteiger partial charge is 0.310 e. The lowest BCUT2D eigenvalue weighted by molar-refractivity contribution is 0.314. The highest BCUT2D eigenvalue weighted by Crippen LogP contribution is 2.41. The fraction of sp³-hybridized carbons (Fsp3) is 0.700. The minimum Gasteiger partial charge on any atom is -0.310 e. The monoisotopic (exact) mass is 287 g/mol. The van der Waals surface area contributed by atoms with Crippen molar-refractivity contribution in [1.82, 2.24) is 5.32 Å². The number of hydrogen-bond acceptors (Lipinski definition) is 1. The normalized spacial score (nSPS) is 17.0. The van der Waals surface area contributed by atoms with Gasteiger partial charge in [-0.05, 0) is 55.2 Å². The molecule has 1 aromatic rings. The first kappa shape index (κ1) is 16.5. The van der Waals surface area contributed by atoms with E-state index in [1.165, 1.54) is 44.9 Å². The SMILES string of the molecule is CCCC(CCC)C(NCC)c1ccccc1C1CCC1. The number of hydrogen-bond donors (Lipinski definition) is 1. The molecule has 1 atom stereocenters. The van der Waals surface area contributed by atoms with Gasteiger partial charge >= 0.3 is 0 Å². The molecule has 1 N–H and O–H groups in total. The fourth-order valence-corrected chi connectivity index (χ4v) is 3.85. The number of nitrogens with one attached hydrogen (secondary N) is 1. The molecule has 1 heteroatoms. The summed E-state index contributed by atoms with van der Waals surface area (Å²) in [6.07, 6.45) is 9.45. The molecule has 21 heavy (non-hydrogen) atoms. The third-order valence-corrected chi connectivity index (χ3v) is 5.09. The Morgan fingerprint density at radius 1 is 1.05 bits per heavy atom. The summed E-state index contributed by atoms with van der Waals surface area (Å²) in [5.41, 5.74) is 3.22. The lowest BCUT2D eigenvalue weighted by Gasteiger charge is -2.34. The quantitative estimate of drug-likeness (QED) is 0.603. The molecule has 1 unspecified atom stereocenters. The van der Waals surface area contributed by atoms with E-state index < -0.39 is 0 Å². The topological polar surface area (TPSA) is 12.0 Å². The maximum atomic E-state index is 3.81. The Labute approximate surface area is 131 Å². The molecule has 2 rings (SSSR count). The van der Waals surface area contributed by atoms with Crippen LogP contribution in [0.3, 0.4) is 0 Å². The van der Waals surface area contributed by atoms with Gasteiger partial charge in [-0.25, -0.2) is 0 Å². The fourth-order valence-electron chi connectivity index (χ4n) is 3.85. The average Bonchev–Trinajstić information content (AvgIpc) is 2.44. The predicted octanol–water partition coefficient (Wildman–Crippen LogP) is 5.82. The van der Waals surface area contributed by atoms with Gasteiger partial charge in [-0.15, -0.1) is 0 Å². The van der Waals surface area contributed by atoms with E-state index >= 15 is 0 Å². The van der Waals surface area contributed by atoms with Gasteiger partial charge in [0.1, 0.15) is 0 Å². The smallest absolute Gasteiger partial charge is 0.0351 e. The van der Waals surface area contributed by atoms with Crippen LogP contribution in [0.1, 0.15) is 88.8 Å². The summed E-state index contributed by atoms with van der Waals surface area (Å²) in [5, 5.41) is 3.81. The summed E-state index contributed by atoms with van der Waals surface area (Å²) in [5.74, 6) is 1.60. The lowest BCUT2D eigenvalue weighted by atomic mass is 9.75. The van der Waals surface area contributed by atoms with Crippen LogP contribution < -0.4 is 5.32 Å². The highest BCUT2D eigenvalue weighted by atomic mass is 14.9. The Hall–Kier alpha value is -0.820. The molecular weight excluding hydrogens is 254 g/mol. The van der Waals surface area contributed by atoms with Crippen molar-refractivity contribution in [2.75, 3.05) is 6.54 Å². The summed E-state index contributed by atoms with van der Waals surface area (Å²) < 4.78 is 0. The second-order valence-corrected chi connectivity index (χ2v) is 6.63. The van der Waals surface area contributed by atoms with Crippen molar-refractivity contribution in [3.63, 3.8) is 0 Å². The van der Waals surface area contributed by atoms with Crippen molar-refractivity contribution in [3.05, 3.63) is 35.4 Å². The van der Waals surface area contributed by atoms with Crippen LogP contribution in [0.4, 0.5) is 0 Å². The van der Waals surface area contributed by atoms with Gasteiger partial charge < -0.3 is 5.32 Å². The van der Waals surface area contributed by atoms with E-state index in [2.05, 4.69) is 50.4 Å². The van der Waals surface area contributed by atoms with Crippen LogP contribution in [0.5, 0.6) is 0 Å². The highest BCUT2D eigenvalue weighted by Gasteiger charge is 2.28. The Bertz CT molecular complexity index is 402.